The number of rotatable bonds is 3. The molecule has 8 heteroatoms. The van der Waals surface area contributed by atoms with Gasteiger partial charge in [0.15, 0.2) is 11.5 Å². The van der Waals surface area contributed by atoms with Crippen LogP contribution >= 0.6 is 0 Å². The van der Waals surface area contributed by atoms with E-state index in [0.717, 1.165) is 47.6 Å². The lowest BCUT2D eigenvalue weighted by molar-refractivity contribution is -0.0829. The quantitative estimate of drug-likeness (QED) is 0.762. The Bertz CT molecular complexity index is 1050. The average molecular weight is 363 g/mol. The fourth-order valence-corrected chi connectivity index (χ4v) is 4.18. The average Bonchev–Trinajstić information content (AvgIpc) is 3.58. The van der Waals surface area contributed by atoms with E-state index < -0.39 is 0 Å². The van der Waals surface area contributed by atoms with Crippen LogP contribution in [0.25, 0.3) is 22.6 Å². The minimum absolute atomic E-state index is 0.251. The van der Waals surface area contributed by atoms with Crippen molar-refractivity contribution in [2.24, 2.45) is 5.92 Å². The molecule has 6 rings (SSSR count). The molecule has 0 bridgehead atoms. The Morgan fingerprint density at radius 2 is 1.89 bits per heavy atom. The van der Waals surface area contributed by atoms with Crippen LogP contribution in [0.2, 0.25) is 0 Å². The van der Waals surface area contributed by atoms with E-state index in [0.29, 0.717) is 24.3 Å². The van der Waals surface area contributed by atoms with Crippen molar-refractivity contribution in [3.8, 4) is 11.4 Å². The second-order valence-electron chi connectivity index (χ2n) is 8.03. The van der Waals surface area contributed by atoms with E-state index in [-0.39, 0.29) is 11.5 Å². The maximum atomic E-state index is 6.22. The van der Waals surface area contributed by atoms with Crippen molar-refractivity contribution in [3.63, 3.8) is 0 Å². The number of nitrogens with zero attached hydrogens (tertiary/aromatic N) is 6. The van der Waals surface area contributed by atoms with Crippen LogP contribution in [0.15, 0.2) is 12.4 Å². The molecule has 0 aromatic carbocycles. The summed E-state index contributed by atoms with van der Waals surface area (Å²) < 4.78 is 8.47. The van der Waals surface area contributed by atoms with E-state index in [1.54, 1.807) is 12.4 Å². The van der Waals surface area contributed by atoms with Crippen molar-refractivity contribution in [1.82, 2.24) is 29.5 Å². The molecule has 0 saturated heterocycles. The Hall–Kier alpha value is -2.61. The van der Waals surface area contributed by atoms with Crippen LogP contribution in [0.3, 0.4) is 0 Å². The lowest BCUT2D eigenvalue weighted by atomic mass is 9.98. The fourth-order valence-electron chi connectivity index (χ4n) is 4.18. The highest BCUT2D eigenvalue weighted by Crippen LogP contribution is 2.50. The highest BCUT2D eigenvalue weighted by atomic mass is 16.5. The smallest absolute Gasteiger partial charge is 0.219 e. The molecule has 2 fully saturated rings. The van der Waals surface area contributed by atoms with Gasteiger partial charge in [-0.15, -0.1) is 0 Å². The summed E-state index contributed by atoms with van der Waals surface area (Å²) in [5.41, 5.74) is 8.98. The summed E-state index contributed by atoms with van der Waals surface area (Å²) in [6.07, 6.45) is 8.09. The molecule has 3 aromatic heterocycles. The summed E-state index contributed by atoms with van der Waals surface area (Å²) >= 11 is 0. The number of imidazole rings is 1. The molecule has 3 aliphatic rings. The van der Waals surface area contributed by atoms with Crippen LogP contribution in [0, 0.1) is 5.92 Å². The van der Waals surface area contributed by atoms with Crippen LogP contribution in [-0.4, -0.2) is 36.1 Å². The largest absolute Gasteiger partial charge is 0.368 e. The Morgan fingerprint density at radius 1 is 1.11 bits per heavy atom. The molecule has 27 heavy (non-hydrogen) atoms. The fraction of sp³-hybridized carbons (Fsp3) is 0.526. The minimum Gasteiger partial charge on any atom is -0.368 e. The number of fused-ring (bicyclic) bond motifs is 3. The molecular weight excluding hydrogens is 342 g/mol. The van der Waals surface area contributed by atoms with Gasteiger partial charge in [-0.05, 0) is 38.5 Å². The highest BCUT2D eigenvalue weighted by Gasteiger charge is 2.49. The number of nitrogens with two attached hydrogens (primary N) is 1. The van der Waals surface area contributed by atoms with Gasteiger partial charge < -0.3 is 15.0 Å². The van der Waals surface area contributed by atoms with E-state index >= 15 is 0 Å². The molecule has 4 heterocycles. The lowest BCUT2D eigenvalue weighted by Gasteiger charge is -2.34. The molecule has 0 amide bonds. The Kier molecular flexibility index (Phi) is 2.99. The first-order valence-electron chi connectivity index (χ1n) is 9.64. The maximum Gasteiger partial charge on any atom is 0.219 e. The monoisotopic (exact) mass is 363 g/mol. The molecule has 1 aliphatic heterocycles. The van der Waals surface area contributed by atoms with Gasteiger partial charge in [0, 0.05) is 24.9 Å². The zero-order valence-electron chi connectivity index (χ0n) is 15.2. The molecular formula is C19H21N7O. The standard InChI is InChI=1S/C19H21N7O/c1-19(12-4-5-12)17-24-14-13(10-2-3-10)23-15(11-8-21-18(20)22-9-11)25-16(14)26(17)6-7-27-19/h8-10,12H,2-7H2,1H3,(H2,20,21,22). The number of hydrogen-bond acceptors (Lipinski definition) is 7. The SMILES string of the molecule is CC1(C2CC2)OCCn2c1nc1c(C3CC3)nc(-c3cnc(N)nc3)nc12. The molecule has 2 aliphatic carbocycles. The lowest BCUT2D eigenvalue weighted by Crippen LogP contribution is -2.38. The summed E-state index contributed by atoms with van der Waals surface area (Å²) in [6.45, 7) is 3.64. The van der Waals surface area contributed by atoms with Crippen LogP contribution in [0.1, 0.15) is 50.0 Å². The van der Waals surface area contributed by atoms with Gasteiger partial charge >= 0.3 is 0 Å². The Labute approximate surface area is 156 Å². The first-order chi connectivity index (χ1) is 13.1. The predicted molar refractivity (Wildman–Crippen MR) is 98.8 cm³/mol. The van der Waals surface area contributed by atoms with Crippen molar-refractivity contribution in [1.29, 1.82) is 0 Å². The molecule has 3 aromatic rings. The van der Waals surface area contributed by atoms with E-state index in [2.05, 4.69) is 21.5 Å². The summed E-state index contributed by atoms with van der Waals surface area (Å²) in [5.74, 6) is 2.92. The third-order valence-corrected chi connectivity index (χ3v) is 6.03. The van der Waals surface area contributed by atoms with Gasteiger partial charge in [0.25, 0.3) is 0 Å². The van der Waals surface area contributed by atoms with Gasteiger partial charge in [-0.25, -0.2) is 24.9 Å². The van der Waals surface area contributed by atoms with Gasteiger partial charge in [-0.2, -0.15) is 0 Å². The Balaban J connectivity index is 1.59. The topological polar surface area (TPSA) is 105 Å². The van der Waals surface area contributed by atoms with E-state index in [9.17, 15) is 0 Å². The second kappa shape index (κ2) is 5.22. The molecule has 1 unspecified atom stereocenters. The van der Waals surface area contributed by atoms with Crippen LogP contribution in [0.4, 0.5) is 5.95 Å². The predicted octanol–water partition coefficient (Wildman–Crippen LogP) is 2.40. The normalized spacial score (nSPS) is 24.9. The molecule has 0 spiro atoms. The third kappa shape index (κ3) is 2.29. The highest BCUT2D eigenvalue weighted by molar-refractivity contribution is 5.78. The zero-order valence-corrected chi connectivity index (χ0v) is 15.2. The van der Waals surface area contributed by atoms with Gasteiger partial charge in [-0.3, -0.25) is 0 Å². The molecule has 8 nitrogen and oxygen atoms in total. The van der Waals surface area contributed by atoms with E-state index in [1.807, 2.05) is 0 Å². The van der Waals surface area contributed by atoms with Crippen molar-refractivity contribution in [2.45, 2.75) is 50.7 Å². The summed E-state index contributed by atoms with van der Waals surface area (Å²) in [4.78, 5) is 23.0. The van der Waals surface area contributed by atoms with Crippen LogP contribution in [-0.2, 0) is 16.9 Å². The van der Waals surface area contributed by atoms with Crippen molar-refractivity contribution in [3.05, 3.63) is 23.9 Å². The van der Waals surface area contributed by atoms with Crippen molar-refractivity contribution >= 4 is 17.1 Å². The van der Waals surface area contributed by atoms with Crippen LogP contribution < -0.4 is 5.73 Å². The summed E-state index contributed by atoms with van der Waals surface area (Å²) in [5, 5.41) is 0. The van der Waals surface area contributed by atoms with Gasteiger partial charge in [-0.1, -0.05) is 0 Å². The molecule has 2 N–H and O–H groups in total. The zero-order chi connectivity index (χ0) is 18.2. The molecule has 1 atom stereocenters. The number of anilines is 1. The van der Waals surface area contributed by atoms with Crippen LogP contribution in [0.5, 0.6) is 0 Å². The Morgan fingerprint density at radius 3 is 2.59 bits per heavy atom. The number of nitrogen functional groups attached to an aromatic ring is 1. The summed E-state index contributed by atoms with van der Waals surface area (Å²) in [7, 11) is 0. The van der Waals surface area contributed by atoms with Gasteiger partial charge in [0.05, 0.1) is 17.9 Å². The minimum atomic E-state index is -0.315. The van der Waals surface area contributed by atoms with Gasteiger partial charge in [0.1, 0.15) is 16.9 Å². The van der Waals surface area contributed by atoms with Crippen molar-refractivity contribution in [2.75, 3.05) is 12.3 Å². The first-order valence-corrected chi connectivity index (χ1v) is 9.64. The van der Waals surface area contributed by atoms with E-state index in [4.69, 9.17) is 25.4 Å². The molecule has 138 valence electrons. The molecule has 0 radical (unpaired) electrons. The third-order valence-electron chi connectivity index (χ3n) is 6.03. The summed E-state index contributed by atoms with van der Waals surface area (Å²) in [6, 6.07) is 0. The molecule has 2 saturated carbocycles. The van der Waals surface area contributed by atoms with Gasteiger partial charge in [0.2, 0.25) is 5.95 Å². The second-order valence-corrected chi connectivity index (χ2v) is 8.03. The first kappa shape index (κ1) is 15.4. The van der Waals surface area contributed by atoms with Crippen molar-refractivity contribution < 1.29 is 4.74 Å². The number of ether oxygens (including phenoxy) is 1. The number of aromatic nitrogens is 6. The van der Waals surface area contributed by atoms with E-state index in [1.165, 1.54) is 12.8 Å². The number of hydrogen-bond donors (Lipinski definition) is 1. The maximum absolute atomic E-state index is 6.22.